The maximum Gasteiger partial charge on any atom is 0.0724 e. The van der Waals surface area contributed by atoms with E-state index in [1.165, 1.54) is 31.2 Å². The molecule has 1 aromatic rings. The van der Waals surface area contributed by atoms with Crippen molar-refractivity contribution in [3.05, 3.63) is 24.0 Å². The Morgan fingerprint density at radius 1 is 1.44 bits per heavy atom. The highest BCUT2D eigenvalue weighted by Gasteiger charge is 2.24. The molecule has 16 heavy (non-hydrogen) atoms. The molecular formula is C13H22N2O. The lowest BCUT2D eigenvalue weighted by Gasteiger charge is -2.31. The van der Waals surface area contributed by atoms with Crippen molar-refractivity contribution >= 4 is 0 Å². The van der Waals surface area contributed by atoms with Crippen LogP contribution in [0.25, 0.3) is 0 Å². The van der Waals surface area contributed by atoms with Gasteiger partial charge in [0.25, 0.3) is 0 Å². The quantitative estimate of drug-likeness (QED) is 0.844. The largest absolute Gasteiger partial charge is 0.380 e. The monoisotopic (exact) mass is 222 g/mol. The van der Waals surface area contributed by atoms with Gasteiger partial charge in [0.2, 0.25) is 0 Å². The van der Waals surface area contributed by atoms with E-state index in [-0.39, 0.29) is 0 Å². The number of aromatic nitrogens is 1. The van der Waals surface area contributed by atoms with Crippen LogP contribution in [0.4, 0.5) is 0 Å². The van der Waals surface area contributed by atoms with Gasteiger partial charge in [0.05, 0.1) is 6.10 Å². The topological polar surface area (TPSA) is 26.2 Å². The second-order valence-corrected chi connectivity index (χ2v) is 4.73. The number of nitrogens with one attached hydrogen (secondary N) is 1. The molecule has 0 radical (unpaired) electrons. The summed E-state index contributed by atoms with van der Waals surface area (Å²) in [5.74, 6) is 0. The van der Waals surface area contributed by atoms with Crippen LogP contribution >= 0.6 is 0 Å². The van der Waals surface area contributed by atoms with Crippen LogP contribution in [-0.2, 0) is 18.3 Å². The average molecular weight is 222 g/mol. The molecule has 1 heterocycles. The lowest BCUT2D eigenvalue weighted by molar-refractivity contribution is 0.0413. The Kier molecular flexibility index (Phi) is 4.02. The van der Waals surface area contributed by atoms with E-state index in [1.54, 1.807) is 0 Å². The third-order valence-corrected chi connectivity index (χ3v) is 3.47. The van der Waals surface area contributed by atoms with Gasteiger partial charge in [0, 0.05) is 39.1 Å². The number of aryl methyl sites for hydroxylation is 1. The third-order valence-electron chi connectivity index (χ3n) is 3.47. The van der Waals surface area contributed by atoms with Crippen molar-refractivity contribution in [2.45, 2.75) is 44.4 Å². The van der Waals surface area contributed by atoms with E-state index >= 15 is 0 Å². The summed E-state index contributed by atoms with van der Waals surface area (Å²) < 4.78 is 7.62. The molecule has 1 aromatic heterocycles. The molecule has 1 N–H and O–H groups in total. The van der Waals surface area contributed by atoms with E-state index in [0.29, 0.717) is 12.1 Å². The number of hydrogen-bond acceptors (Lipinski definition) is 2. The highest BCUT2D eigenvalue weighted by Crippen LogP contribution is 2.21. The van der Waals surface area contributed by atoms with Gasteiger partial charge in [0.15, 0.2) is 0 Å². The molecule has 1 aliphatic carbocycles. The predicted molar refractivity (Wildman–Crippen MR) is 65.3 cm³/mol. The van der Waals surface area contributed by atoms with Crippen LogP contribution in [0.5, 0.6) is 0 Å². The lowest BCUT2D eigenvalue weighted by Crippen LogP contribution is -2.42. The van der Waals surface area contributed by atoms with Gasteiger partial charge in [-0.2, -0.15) is 0 Å². The zero-order chi connectivity index (χ0) is 11.4. The molecule has 0 bridgehead atoms. The van der Waals surface area contributed by atoms with Gasteiger partial charge in [-0.25, -0.2) is 0 Å². The van der Waals surface area contributed by atoms with E-state index < -0.39 is 0 Å². The average Bonchev–Trinajstić information content (AvgIpc) is 2.73. The number of hydrogen-bond donors (Lipinski definition) is 1. The minimum atomic E-state index is 0.400. The van der Waals surface area contributed by atoms with Crippen LogP contribution in [0, 0.1) is 0 Å². The number of nitrogens with zero attached hydrogens (tertiary/aromatic N) is 1. The molecule has 1 fully saturated rings. The van der Waals surface area contributed by atoms with Gasteiger partial charge in [-0.1, -0.05) is 12.8 Å². The van der Waals surface area contributed by atoms with Crippen molar-refractivity contribution in [3.63, 3.8) is 0 Å². The first-order chi connectivity index (χ1) is 7.79. The van der Waals surface area contributed by atoms with Crippen molar-refractivity contribution in [2.75, 3.05) is 7.11 Å². The molecule has 2 atom stereocenters. The summed E-state index contributed by atoms with van der Waals surface area (Å²) in [6.45, 7) is 0.950. The van der Waals surface area contributed by atoms with Gasteiger partial charge in [-0.3, -0.25) is 0 Å². The first-order valence-electron chi connectivity index (χ1n) is 6.16. The predicted octanol–water partition coefficient (Wildman–Crippen LogP) is 2.07. The van der Waals surface area contributed by atoms with Crippen molar-refractivity contribution in [2.24, 2.45) is 7.05 Å². The van der Waals surface area contributed by atoms with Crippen LogP contribution in [-0.4, -0.2) is 23.8 Å². The molecule has 0 amide bonds. The summed E-state index contributed by atoms with van der Waals surface area (Å²) in [5.41, 5.74) is 1.35. The van der Waals surface area contributed by atoms with Crippen LogP contribution < -0.4 is 5.32 Å². The number of rotatable bonds is 4. The summed E-state index contributed by atoms with van der Waals surface area (Å²) in [7, 11) is 3.88. The maximum atomic E-state index is 5.53. The molecule has 0 spiro atoms. The zero-order valence-electron chi connectivity index (χ0n) is 10.3. The third kappa shape index (κ3) is 2.86. The molecule has 3 nitrogen and oxygen atoms in total. The molecule has 1 saturated carbocycles. The van der Waals surface area contributed by atoms with Gasteiger partial charge in [0.1, 0.15) is 0 Å². The Morgan fingerprint density at radius 2 is 2.25 bits per heavy atom. The van der Waals surface area contributed by atoms with Crippen molar-refractivity contribution in [1.29, 1.82) is 0 Å². The number of methoxy groups -OCH3 is 1. The van der Waals surface area contributed by atoms with Gasteiger partial charge >= 0.3 is 0 Å². The molecule has 0 aromatic carbocycles. The molecule has 3 heteroatoms. The fourth-order valence-corrected chi connectivity index (χ4v) is 2.53. The van der Waals surface area contributed by atoms with E-state index in [2.05, 4.69) is 35.4 Å². The van der Waals surface area contributed by atoms with Crippen LogP contribution in [0.1, 0.15) is 31.2 Å². The molecule has 2 unspecified atom stereocenters. The first-order valence-corrected chi connectivity index (χ1v) is 6.16. The molecule has 0 saturated heterocycles. The standard InChI is InChI=1S/C13H22N2O/c1-15-8-7-11(10-15)9-14-12-5-3-4-6-13(12)16-2/h7-8,10,12-14H,3-6,9H2,1-2H3. The van der Waals surface area contributed by atoms with E-state index in [1.807, 2.05) is 7.11 Å². The molecule has 90 valence electrons. The minimum absolute atomic E-state index is 0.400. The highest BCUT2D eigenvalue weighted by molar-refractivity contribution is 5.09. The van der Waals surface area contributed by atoms with Crippen molar-refractivity contribution in [1.82, 2.24) is 9.88 Å². The van der Waals surface area contributed by atoms with Crippen molar-refractivity contribution in [3.8, 4) is 0 Å². The maximum absolute atomic E-state index is 5.53. The normalized spacial score (nSPS) is 25.9. The number of ether oxygens (including phenoxy) is 1. The fourth-order valence-electron chi connectivity index (χ4n) is 2.53. The Bertz CT molecular complexity index is 321. The van der Waals surface area contributed by atoms with E-state index in [9.17, 15) is 0 Å². The molecule has 0 aliphatic heterocycles. The summed E-state index contributed by atoms with van der Waals surface area (Å²) >= 11 is 0. The summed E-state index contributed by atoms with van der Waals surface area (Å²) in [4.78, 5) is 0. The van der Waals surface area contributed by atoms with E-state index in [0.717, 1.165) is 6.54 Å². The second kappa shape index (κ2) is 5.51. The van der Waals surface area contributed by atoms with Gasteiger partial charge in [-0.05, 0) is 24.5 Å². The summed E-state index contributed by atoms with van der Waals surface area (Å²) in [6, 6.07) is 2.69. The zero-order valence-corrected chi connectivity index (χ0v) is 10.3. The SMILES string of the molecule is COC1CCCCC1NCc1ccn(C)c1. The van der Waals surface area contributed by atoms with Crippen LogP contribution in [0.3, 0.4) is 0 Å². The Morgan fingerprint density at radius 3 is 2.94 bits per heavy atom. The smallest absolute Gasteiger partial charge is 0.0724 e. The Balaban J connectivity index is 1.84. The summed E-state index contributed by atoms with van der Waals surface area (Å²) in [5, 5.41) is 3.61. The molecule has 1 aliphatic rings. The first kappa shape index (κ1) is 11.7. The molecule has 2 rings (SSSR count). The Labute approximate surface area is 97.8 Å². The Hall–Kier alpha value is -0.800. The fraction of sp³-hybridized carbons (Fsp3) is 0.692. The van der Waals surface area contributed by atoms with E-state index in [4.69, 9.17) is 4.74 Å². The molecular weight excluding hydrogens is 200 g/mol. The van der Waals surface area contributed by atoms with Crippen LogP contribution in [0.15, 0.2) is 18.5 Å². The van der Waals surface area contributed by atoms with Crippen molar-refractivity contribution < 1.29 is 4.74 Å². The van der Waals surface area contributed by atoms with Gasteiger partial charge < -0.3 is 14.6 Å². The summed E-state index contributed by atoms with van der Waals surface area (Å²) in [6.07, 6.45) is 9.73. The highest BCUT2D eigenvalue weighted by atomic mass is 16.5. The lowest BCUT2D eigenvalue weighted by atomic mass is 9.92. The van der Waals surface area contributed by atoms with Crippen LogP contribution in [0.2, 0.25) is 0 Å². The minimum Gasteiger partial charge on any atom is -0.380 e. The second-order valence-electron chi connectivity index (χ2n) is 4.73. The van der Waals surface area contributed by atoms with Gasteiger partial charge in [-0.15, -0.1) is 0 Å².